The van der Waals surface area contributed by atoms with Gasteiger partial charge in [0.15, 0.2) is 5.25 Å². The fourth-order valence-electron chi connectivity index (χ4n) is 3.33. The summed E-state index contributed by atoms with van der Waals surface area (Å²) in [4.78, 5) is 13.5. The van der Waals surface area contributed by atoms with Crippen molar-refractivity contribution in [2.75, 3.05) is 20.6 Å². The van der Waals surface area contributed by atoms with Gasteiger partial charge < -0.3 is 4.90 Å². The second-order valence-electron chi connectivity index (χ2n) is 6.75. The highest BCUT2D eigenvalue weighted by molar-refractivity contribution is 7.90. The summed E-state index contributed by atoms with van der Waals surface area (Å²) in [6.07, 6.45) is 2.30. The van der Waals surface area contributed by atoms with E-state index in [1.807, 2.05) is 37.3 Å². The summed E-state index contributed by atoms with van der Waals surface area (Å²) < 4.78 is 27.5. The summed E-state index contributed by atoms with van der Waals surface area (Å²) >= 11 is 0. The zero-order chi connectivity index (χ0) is 17.3. The van der Waals surface area contributed by atoms with Crippen LogP contribution in [0.1, 0.15) is 32.3 Å². The van der Waals surface area contributed by atoms with Crippen LogP contribution in [0.2, 0.25) is 0 Å². The highest BCUT2D eigenvalue weighted by Crippen LogP contribution is 2.36. The first kappa shape index (κ1) is 17.9. The van der Waals surface area contributed by atoms with Gasteiger partial charge in [-0.15, -0.1) is 0 Å². The highest BCUT2D eigenvalue weighted by atomic mass is 32.2. The Bertz CT molecular complexity index is 658. The van der Waals surface area contributed by atoms with Gasteiger partial charge in [-0.25, -0.2) is 8.42 Å². The van der Waals surface area contributed by atoms with Gasteiger partial charge in [-0.05, 0) is 38.7 Å². The van der Waals surface area contributed by atoms with E-state index in [0.717, 1.165) is 18.4 Å². The Labute approximate surface area is 139 Å². The van der Waals surface area contributed by atoms with Crippen molar-refractivity contribution in [3.63, 3.8) is 0 Å². The number of hydrogen-bond donors (Lipinski definition) is 0. The van der Waals surface area contributed by atoms with E-state index in [1.165, 1.54) is 11.8 Å². The van der Waals surface area contributed by atoms with Crippen molar-refractivity contribution in [1.82, 2.24) is 9.21 Å². The molecule has 1 fully saturated rings. The van der Waals surface area contributed by atoms with E-state index in [0.29, 0.717) is 13.0 Å². The molecule has 1 amide bonds. The third kappa shape index (κ3) is 3.58. The molecule has 23 heavy (non-hydrogen) atoms. The molecular formula is C17H26N2O3S. The van der Waals surface area contributed by atoms with Crippen LogP contribution in [-0.4, -0.2) is 55.0 Å². The number of carbonyl (C=O) groups is 1. The molecule has 1 saturated heterocycles. The summed E-state index contributed by atoms with van der Waals surface area (Å²) in [7, 11) is -0.499. The molecule has 0 aliphatic carbocycles. The largest absolute Gasteiger partial charge is 0.348 e. The van der Waals surface area contributed by atoms with Crippen LogP contribution in [0.4, 0.5) is 0 Å². The molecule has 0 spiro atoms. The Morgan fingerprint density at radius 3 is 2.48 bits per heavy atom. The number of hydrogen-bond acceptors (Lipinski definition) is 3. The van der Waals surface area contributed by atoms with Crippen molar-refractivity contribution in [1.29, 1.82) is 0 Å². The summed E-state index contributed by atoms with van der Waals surface area (Å²) in [6.45, 7) is 3.95. The molecule has 0 N–H and O–H groups in total. The van der Waals surface area contributed by atoms with Crippen molar-refractivity contribution in [2.24, 2.45) is 0 Å². The average molecular weight is 338 g/mol. The Hall–Kier alpha value is -1.40. The van der Waals surface area contributed by atoms with Crippen LogP contribution in [0.25, 0.3) is 0 Å². The van der Waals surface area contributed by atoms with Crippen molar-refractivity contribution in [2.45, 2.75) is 43.9 Å². The second kappa shape index (κ2) is 6.61. The van der Waals surface area contributed by atoms with Crippen LogP contribution < -0.4 is 0 Å². The van der Waals surface area contributed by atoms with Gasteiger partial charge in [-0.3, -0.25) is 4.79 Å². The van der Waals surface area contributed by atoms with Gasteiger partial charge in [-0.2, -0.15) is 4.31 Å². The number of carbonyl (C=O) groups excluding carboxylic acids is 1. The third-order valence-electron chi connectivity index (χ3n) is 4.65. The van der Waals surface area contributed by atoms with E-state index in [2.05, 4.69) is 0 Å². The molecule has 0 bridgehead atoms. The quantitative estimate of drug-likeness (QED) is 0.824. The molecule has 1 aromatic rings. The van der Waals surface area contributed by atoms with E-state index in [9.17, 15) is 13.2 Å². The lowest BCUT2D eigenvalue weighted by molar-refractivity contribution is -0.128. The molecule has 1 aliphatic heterocycles. The SMILES string of the molecule is C[C@@H](C(=O)N(C)C)S(=O)(=O)N1CCC[C@]1(C)Cc1ccccc1. The smallest absolute Gasteiger partial charge is 0.241 e. The molecule has 5 nitrogen and oxygen atoms in total. The minimum Gasteiger partial charge on any atom is -0.348 e. The van der Waals surface area contributed by atoms with Gasteiger partial charge >= 0.3 is 0 Å². The maximum atomic E-state index is 13.0. The maximum Gasteiger partial charge on any atom is 0.241 e. The van der Waals surface area contributed by atoms with Crippen LogP contribution in [0.3, 0.4) is 0 Å². The lowest BCUT2D eigenvalue weighted by Gasteiger charge is -2.36. The van der Waals surface area contributed by atoms with Crippen molar-refractivity contribution >= 4 is 15.9 Å². The van der Waals surface area contributed by atoms with E-state index < -0.39 is 20.8 Å². The Balaban J connectivity index is 2.28. The van der Waals surface area contributed by atoms with Crippen molar-refractivity contribution in [3.05, 3.63) is 35.9 Å². The number of sulfonamides is 1. The summed E-state index contributed by atoms with van der Waals surface area (Å²) in [5.74, 6) is -0.376. The van der Waals surface area contributed by atoms with E-state index in [4.69, 9.17) is 0 Å². The van der Waals surface area contributed by atoms with Crippen molar-refractivity contribution < 1.29 is 13.2 Å². The molecule has 0 aromatic heterocycles. The molecule has 0 radical (unpaired) electrons. The molecule has 1 aliphatic rings. The first-order valence-electron chi connectivity index (χ1n) is 7.95. The number of amides is 1. The van der Waals surface area contributed by atoms with Crippen molar-refractivity contribution in [3.8, 4) is 0 Å². The minimum atomic E-state index is -3.67. The topological polar surface area (TPSA) is 57.7 Å². The molecular weight excluding hydrogens is 312 g/mol. The van der Waals surface area contributed by atoms with Crippen LogP contribution in [0.5, 0.6) is 0 Å². The van der Waals surface area contributed by atoms with Crippen LogP contribution in [-0.2, 0) is 21.2 Å². The van der Waals surface area contributed by atoms with Gasteiger partial charge in [0.2, 0.25) is 15.9 Å². The lowest BCUT2D eigenvalue weighted by atomic mass is 9.91. The van der Waals surface area contributed by atoms with Gasteiger partial charge in [0, 0.05) is 26.2 Å². The zero-order valence-electron chi connectivity index (χ0n) is 14.3. The van der Waals surface area contributed by atoms with Crippen LogP contribution >= 0.6 is 0 Å². The zero-order valence-corrected chi connectivity index (χ0v) is 15.1. The standard InChI is InChI=1S/C17H26N2O3S/c1-14(16(20)18(3)4)23(21,22)19-12-8-11-17(19,2)13-15-9-6-5-7-10-15/h5-7,9-10,14H,8,11-13H2,1-4H3/t14-,17+/m0/s1. The lowest BCUT2D eigenvalue weighted by Crippen LogP contribution is -2.52. The first-order valence-corrected chi connectivity index (χ1v) is 9.45. The molecule has 6 heteroatoms. The predicted molar refractivity (Wildman–Crippen MR) is 91.6 cm³/mol. The summed E-state index contributed by atoms with van der Waals surface area (Å²) in [5, 5.41) is -1.05. The Morgan fingerprint density at radius 2 is 1.91 bits per heavy atom. The molecule has 128 valence electrons. The van der Waals surface area contributed by atoms with Gasteiger partial charge in [0.1, 0.15) is 0 Å². The molecule has 0 saturated carbocycles. The van der Waals surface area contributed by atoms with E-state index in [-0.39, 0.29) is 5.91 Å². The molecule has 2 rings (SSSR count). The first-order chi connectivity index (χ1) is 10.7. The number of nitrogens with zero attached hydrogens (tertiary/aromatic N) is 2. The fourth-order valence-corrected chi connectivity index (χ4v) is 5.33. The predicted octanol–water partition coefficient (Wildman–Crippen LogP) is 1.89. The normalized spacial score (nSPS) is 23.7. The monoisotopic (exact) mass is 338 g/mol. The highest BCUT2D eigenvalue weighted by Gasteiger charge is 2.47. The Kier molecular flexibility index (Phi) is 5.16. The number of benzene rings is 1. The average Bonchev–Trinajstić information content (AvgIpc) is 2.88. The van der Waals surface area contributed by atoms with Crippen LogP contribution in [0, 0.1) is 0 Å². The van der Waals surface area contributed by atoms with Gasteiger partial charge in [0.05, 0.1) is 0 Å². The van der Waals surface area contributed by atoms with E-state index >= 15 is 0 Å². The second-order valence-corrected chi connectivity index (χ2v) is 8.93. The van der Waals surface area contributed by atoms with Crippen LogP contribution in [0.15, 0.2) is 30.3 Å². The Morgan fingerprint density at radius 1 is 1.30 bits per heavy atom. The van der Waals surface area contributed by atoms with E-state index in [1.54, 1.807) is 18.4 Å². The summed E-state index contributed by atoms with van der Waals surface area (Å²) in [6, 6.07) is 9.91. The number of rotatable bonds is 5. The van der Waals surface area contributed by atoms with Gasteiger partial charge in [0.25, 0.3) is 0 Å². The molecule has 0 unspecified atom stereocenters. The van der Waals surface area contributed by atoms with Gasteiger partial charge in [-0.1, -0.05) is 30.3 Å². The third-order valence-corrected chi connectivity index (χ3v) is 6.98. The molecule has 1 aromatic carbocycles. The minimum absolute atomic E-state index is 0.376. The fraction of sp³-hybridized carbons (Fsp3) is 0.588. The maximum absolute atomic E-state index is 13.0. The molecule has 1 heterocycles. The molecule has 2 atom stereocenters. The summed E-state index contributed by atoms with van der Waals surface area (Å²) in [5.41, 5.74) is 0.643.